The third-order valence-electron chi connectivity index (χ3n) is 5.57. The number of nitrogens with one attached hydrogen (secondary N) is 2. The second-order valence-electron chi connectivity index (χ2n) is 7.68. The zero-order chi connectivity index (χ0) is 21.0. The largest absolute Gasteiger partial charge is 0.547 e. The monoisotopic (exact) mass is 403 g/mol. The topological polar surface area (TPSA) is 151 Å². The molecule has 9 nitrogen and oxygen atoms in total. The molecule has 2 amide bonds. The van der Waals surface area contributed by atoms with Crippen LogP contribution in [-0.2, 0) is 16.0 Å². The van der Waals surface area contributed by atoms with Crippen molar-refractivity contribution in [2.75, 3.05) is 6.54 Å². The molecule has 0 radical (unpaired) electrons. The molecule has 156 valence electrons. The van der Waals surface area contributed by atoms with Crippen LogP contribution in [-0.4, -0.2) is 53.6 Å². The van der Waals surface area contributed by atoms with Crippen molar-refractivity contribution in [2.24, 2.45) is 11.7 Å². The van der Waals surface area contributed by atoms with Gasteiger partial charge < -0.3 is 31.2 Å². The molecule has 0 bridgehead atoms. The van der Waals surface area contributed by atoms with Gasteiger partial charge >= 0.3 is 13.1 Å². The summed E-state index contributed by atoms with van der Waals surface area (Å²) in [6.07, 6.45) is 3.91. The number of hydrogen-bond donors (Lipinski definition) is 5. The van der Waals surface area contributed by atoms with Crippen LogP contribution in [0, 0.1) is 5.92 Å². The minimum atomic E-state index is -1.31. The van der Waals surface area contributed by atoms with E-state index in [0.29, 0.717) is 18.4 Å². The summed E-state index contributed by atoms with van der Waals surface area (Å²) in [6, 6.07) is 4.87. The maximum atomic E-state index is 12.5. The number of carbonyl (C=O) groups is 3. The first-order valence-electron chi connectivity index (χ1n) is 9.86. The van der Waals surface area contributed by atoms with Crippen LogP contribution in [0.1, 0.15) is 48.0 Å². The van der Waals surface area contributed by atoms with Crippen LogP contribution < -0.4 is 21.0 Å². The smallest absolute Gasteiger partial charge is 0.534 e. The standard InChI is InChI=1S/C19H26BN3O6/c21-10-17(25)22-13-6-4-11(5-7-13)8-16(24)23-15-9-12-2-1-3-14(19(26)27)18(12)29-20(15)28/h1-3,11,13,15,28H,4-10,21H2,(H,22,25)(H,23,24)(H,26,27)/t11?,13?,15-/m0/s1. The lowest BCUT2D eigenvalue weighted by Crippen LogP contribution is -2.53. The normalized spacial score (nSPS) is 23.5. The molecule has 1 heterocycles. The van der Waals surface area contributed by atoms with Gasteiger partial charge in [-0.1, -0.05) is 12.1 Å². The average molecular weight is 403 g/mol. The van der Waals surface area contributed by atoms with Crippen LogP contribution in [0.5, 0.6) is 5.75 Å². The number of hydrogen-bond acceptors (Lipinski definition) is 6. The van der Waals surface area contributed by atoms with Gasteiger partial charge in [0.05, 0.1) is 18.0 Å². The van der Waals surface area contributed by atoms with E-state index in [0.717, 1.165) is 25.7 Å². The Morgan fingerprint density at radius 2 is 1.86 bits per heavy atom. The summed E-state index contributed by atoms with van der Waals surface area (Å²) in [4.78, 5) is 35.1. The second-order valence-corrected chi connectivity index (χ2v) is 7.68. The highest BCUT2D eigenvalue weighted by atomic mass is 16.5. The predicted octanol–water partition coefficient (Wildman–Crippen LogP) is -0.152. The maximum absolute atomic E-state index is 12.5. The third kappa shape index (κ3) is 5.27. The summed E-state index contributed by atoms with van der Waals surface area (Å²) < 4.78 is 5.40. The number of carboxylic acids is 1. The zero-order valence-electron chi connectivity index (χ0n) is 16.1. The number of amides is 2. The fraction of sp³-hybridized carbons (Fsp3) is 0.526. The first-order chi connectivity index (χ1) is 13.9. The van der Waals surface area contributed by atoms with E-state index in [1.54, 1.807) is 12.1 Å². The number of benzene rings is 1. The van der Waals surface area contributed by atoms with Crippen molar-refractivity contribution in [2.45, 2.75) is 50.5 Å². The van der Waals surface area contributed by atoms with Gasteiger partial charge in [0.2, 0.25) is 11.8 Å². The first-order valence-corrected chi connectivity index (χ1v) is 9.86. The Morgan fingerprint density at radius 1 is 1.14 bits per heavy atom. The summed E-state index contributed by atoms with van der Waals surface area (Å²) >= 11 is 0. The summed E-state index contributed by atoms with van der Waals surface area (Å²) in [7, 11) is -1.31. The van der Waals surface area contributed by atoms with Crippen molar-refractivity contribution < 1.29 is 29.2 Å². The fourth-order valence-corrected chi connectivity index (χ4v) is 4.04. The lowest BCUT2D eigenvalue weighted by atomic mass is 9.72. The molecule has 1 atom stereocenters. The highest BCUT2D eigenvalue weighted by Gasteiger charge is 2.38. The van der Waals surface area contributed by atoms with Gasteiger partial charge in [-0.05, 0) is 49.7 Å². The summed E-state index contributed by atoms with van der Waals surface area (Å²) in [5, 5.41) is 25.2. The van der Waals surface area contributed by atoms with Gasteiger partial charge in [-0.25, -0.2) is 4.79 Å². The number of para-hydroxylation sites is 1. The molecule has 1 aliphatic heterocycles. The number of carboxylic acid groups (broad SMARTS) is 1. The van der Waals surface area contributed by atoms with Gasteiger partial charge in [0, 0.05) is 12.5 Å². The van der Waals surface area contributed by atoms with Crippen molar-refractivity contribution >= 4 is 24.9 Å². The molecular formula is C19H26BN3O6. The van der Waals surface area contributed by atoms with E-state index < -0.39 is 19.0 Å². The number of fused-ring (bicyclic) bond motifs is 1. The second kappa shape index (κ2) is 9.28. The quantitative estimate of drug-likeness (QED) is 0.414. The minimum Gasteiger partial charge on any atom is -0.534 e. The molecule has 1 aromatic carbocycles. The number of nitrogens with two attached hydrogens (primary N) is 1. The van der Waals surface area contributed by atoms with E-state index in [1.165, 1.54) is 6.07 Å². The van der Waals surface area contributed by atoms with Crippen molar-refractivity contribution in [1.29, 1.82) is 0 Å². The van der Waals surface area contributed by atoms with Gasteiger partial charge in [0.25, 0.3) is 0 Å². The van der Waals surface area contributed by atoms with E-state index in [2.05, 4.69) is 10.6 Å². The molecule has 29 heavy (non-hydrogen) atoms. The van der Waals surface area contributed by atoms with E-state index in [1.807, 2.05) is 0 Å². The van der Waals surface area contributed by atoms with E-state index in [4.69, 9.17) is 10.4 Å². The van der Waals surface area contributed by atoms with E-state index in [9.17, 15) is 24.5 Å². The Labute approximate surface area is 169 Å². The Bertz CT molecular complexity index is 781. The van der Waals surface area contributed by atoms with Crippen molar-refractivity contribution in [3.8, 4) is 5.75 Å². The van der Waals surface area contributed by atoms with Crippen molar-refractivity contribution in [3.63, 3.8) is 0 Å². The van der Waals surface area contributed by atoms with E-state index >= 15 is 0 Å². The van der Waals surface area contributed by atoms with Crippen LogP contribution >= 0.6 is 0 Å². The van der Waals surface area contributed by atoms with Crippen LogP contribution in [0.15, 0.2) is 18.2 Å². The molecule has 10 heteroatoms. The van der Waals surface area contributed by atoms with Crippen LogP contribution in [0.3, 0.4) is 0 Å². The highest BCUT2D eigenvalue weighted by molar-refractivity contribution is 6.47. The molecule has 0 aromatic heterocycles. The first kappa shape index (κ1) is 21.1. The molecule has 1 saturated carbocycles. The SMILES string of the molecule is NCC(=O)NC1CCC(CC(=O)N[C@H]2Cc3cccc(C(=O)O)c3OB2O)CC1. The van der Waals surface area contributed by atoms with Crippen LogP contribution in [0.25, 0.3) is 0 Å². The summed E-state index contributed by atoms with van der Waals surface area (Å²) in [5.74, 6) is -1.74. The molecule has 0 saturated heterocycles. The molecule has 1 aromatic rings. The Hall–Kier alpha value is -2.59. The van der Waals surface area contributed by atoms with Crippen LogP contribution in [0.4, 0.5) is 0 Å². The summed E-state index contributed by atoms with van der Waals surface area (Å²) in [6.45, 7) is -0.0226. The Morgan fingerprint density at radius 3 is 2.52 bits per heavy atom. The predicted molar refractivity (Wildman–Crippen MR) is 105 cm³/mol. The molecule has 1 fully saturated rings. The van der Waals surface area contributed by atoms with Gasteiger partial charge in [-0.15, -0.1) is 0 Å². The number of aromatic carboxylic acids is 1. The maximum Gasteiger partial charge on any atom is 0.547 e. The van der Waals surface area contributed by atoms with E-state index in [-0.39, 0.29) is 41.6 Å². The molecule has 0 unspecified atom stereocenters. The molecule has 6 N–H and O–H groups in total. The molecule has 1 aliphatic carbocycles. The van der Waals surface area contributed by atoms with Crippen LogP contribution in [0.2, 0.25) is 0 Å². The molecule has 3 rings (SSSR count). The fourth-order valence-electron chi connectivity index (χ4n) is 4.04. The molecule has 2 aliphatic rings. The molecular weight excluding hydrogens is 377 g/mol. The average Bonchev–Trinajstić information content (AvgIpc) is 2.69. The Balaban J connectivity index is 1.51. The van der Waals surface area contributed by atoms with Gasteiger partial charge in [0.1, 0.15) is 5.75 Å². The van der Waals surface area contributed by atoms with Gasteiger partial charge in [-0.2, -0.15) is 0 Å². The summed E-state index contributed by atoms with van der Waals surface area (Å²) in [5.41, 5.74) is 5.94. The molecule has 0 spiro atoms. The van der Waals surface area contributed by atoms with Crippen molar-refractivity contribution in [3.05, 3.63) is 29.3 Å². The number of rotatable bonds is 6. The lowest BCUT2D eigenvalue weighted by molar-refractivity contribution is -0.123. The zero-order valence-corrected chi connectivity index (χ0v) is 16.1. The lowest BCUT2D eigenvalue weighted by Gasteiger charge is -2.31. The third-order valence-corrected chi connectivity index (χ3v) is 5.57. The van der Waals surface area contributed by atoms with Gasteiger partial charge in [0.15, 0.2) is 0 Å². The Kier molecular flexibility index (Phi) is 6.76. The van der Waals surface area contributed by atoms with Crippen molar-refractivity contribution in [1.82, 2.24) is 10.6 Å². The number of carbonyl (C=O) groups excluding carboxylic acids is 2. The highest BCUT2D eigenvalue weighted by Crippen LogP contribution is 2.31. The van der Waals surface area contributed by atoms with Gasteiger partial charge in [-0.3, -0.25) is 9.59 Å². The minimum absolute atomic E-state index is 0.00943.